The molecule has 0 saturated carbocycles. The Morgan fingerprint density at radius 3 is 1.89 bits per heavy atom. The Labute approximate surface area is 206 Å². The summed E-state index contributed by atoms with van der Waals surface area (Å²) in [5.74, 6) is 1.70. The van der Waals surface area contributed by atoms with E-state index in [0.29, 0.717) is 36.1 Å². The van der Waals surface area contributed by atoms with E-state index in [0.717, 1.165) is 16.9 Å². The third-order valence-electron chi connectivity index (χ3n) is 5.35. The summed E-state index contributed by atoms with van der Waals surface area (Å²) in [5, 5.41) is 6.53. The van der Waals surface area contributed by atoms with E-state index in [1.54, 1.807) is 0 Å². The van der Waals surface area contributed by atoms with Crippen LogP contribution in [0.25, 0.3) is 0 Å². The van der Waals surface area contributed by atoms with E-state index in [2.05, 4.69) is 77.5 Å². The Hall–Kier alpha value is -4.06. The van der Waals surface area contributed by atoms with Crippen molar-refractivity contribution in [3.8, 4) is 0 Å². The Balaban J connectivity index is 1.57. The molecule has 0 bridgehead atoms. The number of ketones is 1. The largest absolute Gasteiger partial charge is 0.324 e. The molecule has 0 aliphatic heterocycles. The number of carbonyl (C=O) groups is 1. The van der Waals surface area contributed by atoms with Gasteiger partial charge in [0.25, 0.3) is 0 Å². The summed E-state index contributed by atoms with van der Waals surface area (Å²) < 4.78 is 0. The second-order valence-electron chi connectivity index (χ2n) is 9.92. The van der Waals surface area contributed by atoms with Crippen molar-refractivity contribution in [1.29, 1.82) is 0 Å². The van der Waals surface area contributed by atoms with Crippen molar-refractivity contribution in [3.05, 3.63) is 101 Å². The van der Waals surface area contributed by atoms with Crippen LogP contribution in [0.3, 0.4) is 0 Å². The molecule has 1 aromatic heterocycles. The van der Waals surface area contributed by atoms with Gasteiger partial charge < -0.3 is 10.6 Å². The van der Waals surface area contributed by atoms with Crippen molar-refractivity contribution in [2.45, 2.75) is 40.5 Å². The fourth-order valence-corrected chi connectivity index (χ4v) is 3.60. The van der Waals surface area contributed by atoms with Gasteiger partial charge in [-0.3, -0.25) is 4.79 Å². The molecule has 4 rings (SSSR count). The quantitative estimate of drug-likeness (QED) is 0.276. The van der Waals surface area contributed by atoms with Gasteiger partial charge in [0, 0.05) is 29.8 Å². The third kappa shape index (κ3) is 7.21. The molecule has 4 aromatic rings. The van der Waals surface area contributed by atoms with Crippen LogP contribution in [0.1, 0.15) is 54.5 Å². The third-order valence-corrected chi connectivity index (χ3v) is 5.35. The number of Topliss-reactive ketones (excluding diaryl/α,β-unsaturated/α-hetero) is 1. The number of benzene rings is 3. The highest BCUT2D eigenvalue weighted by Crippen LogP contribution is 2.23. The molecule has 0 unspecified atom stereocenters. The SMILES string of the molecule is Cc1ccc(Cc2nc(Nc3ccccc3)nc(Nc3ccc(C(=O)CC(C)(C)C)cc3)n2)cc1. The molecular weight excluding hydrogens is 434 g/mol. The first kappa shape index (κ1) is 24.1. The van der Waals surface area contributed by atoms with Crippen LogP contribution in [-0.2, 0) is 6.42 Å². The molecule has 0 amide bonds. The summed E-state index contributed by atoms with van der Waals surface area (Å²) in [5.41, 5.74) is 4.69. The fourth-order valence-electron chi connectivity index (χ4n) is 3.60. The summed E-state index contributed by atoms with van der Waals surface area (Å²) in [6.45, 7) is 8.27. The number of nitrogens with one attached hydrogen (secondary N) is 2. The minimum absolute atomic E-state index is 0.0467. The highest BCUT2D eigenvalue weighted by molar-refractivity contribution is 5.96. The van der Waals surface area contributed by atoms with Crippen molar-refractivity contribution >= 4 is 29.1 Å². The Kier molecular flexibility index (Phi) is 7.20. The zero-order chi connectivity index (χ0) is 24.8. The van der Waals surface area contributed by atoms with E-state index in [4.69, 9.17) is 0 Å². The lowest BCUT2D eigenvalue weighted by Crippen LogP contribution is -2.13. The number of aromatic nitrogens is 3. The molecule has 35 heavy (non-hydrogen) atoms. The van der Waals surface area contributed by atoms with Crippen LogP contribution in [0, 0.1) is 12.3 Å². The summed E-state index contributed by atoms with van der Waals surface area (Å²) in [6, 6.07) is 25.6. The van der Waals surface area contributed by atoms with Crippen LogP contribution in [0.4, 0.5) is 23.3 Å². The smallest absolute Gasteiger partial charge is 0.232 e. The molecule has 2 N–H and O–H groups in total. The van der Waals surface area contributed by atoms with Crippen LogP contribution >= 0.6 is 0 Å². The summed E-state index contributed by atoms with van der Waals surface area (Å²) in [7, 11) is 0. The molecule has 178 valence electrons. The highest BCUT2D eigenvalue weighted by atomic mass is 16.1. The van der Waals surface area contributed by atoms with E-state index < -0.39 is 0 Å². The molecule has 6 heteroatoms. The van der Waals surface area contributed by atoms with E-state index in [9.17, 15) is 4.79 Å². The topological polar surface area (TPSA) is 79.8 Å². The molecule has 0 aliphatic rings. The van der Waals surface area contributed by atoms with Crippen molar-refractivity contribution in [2.75, 3.05) is 10.6 Å². The minimum Gasteiger partial charge on any atom is -0.324 e. The maximum absolute atomic E-state index is 12.5. The van der Waals surface area contributed by atoms with E-state index in [1.807, 2.05) is 54.6 Å². The van der Waals surface area contributed by atoms with Crippen molar-refractivity contribution in [3.63, 3.8) is 0 Å². The predicted molar refractivity (Wildman–Crippen MR) is 142 cm³/mol. The number of nitrogens with zero attached hydrogens (tertiary/aromatic N) is 3. The number of hydrogen-bond donors (Lipinski definition) is 2. The van der Waals surface area contributed by atoms with Gasteiger partial charge in [-0.05, 0) is 54.3 Å². The molecule has 0 atom stereocenters. The van der Waals surface area contributed by atoms with Gasteiger partial charge in [0.15, 0.2) is 5.78 Å². The molecule has 0 fully saturated rings. The Bertz CT molecular complexity index is 1280. The minimum atomic E-state index is -0.0467. The van der Waals surface area contributed by atoms with Gasteiger partial charge >= 0.3 is 0 Å². The number of para-hydroxylation sites is 1. The van der Waals surface area contributed by atoms with Crippen molar-refractivity contribution < 1.29 is 4.79 Å². The van der Waals surface area contributed by atoms with Gasteiger partial charge in [0.1, 0.15) is 5.82 Å². The standard InChI is InChI=1S/C29H31N5O/c1-20-10-12-21(13-11-20)18-26-32-27(30-23-8-6-5-7-9-23)34-28(33-26)31-24-16-14-22(15-17-24)25(35)19-29(2,3)4/h5-17H,18-19H2,1-4H3,(H2,30,31,32,33,34). The number of aryl methyl sites for hydroxylation is 1. The molecule has 1 heterocycles. The Morgan fingerprint density at radius 1 is 0.743 bits per heavy atom. The van der Waals surface area contributed by atoms with Crippen LogP contribution in [0.5, 0.6) is 0 Å². The first-order valence-corrected chi connectivity index (χ1v) is 11.8. The summed E-state index contributed by atoms with van der Waals surface area (Å²) in [6.07, 6.45) is 1.09. The lowest BCUT2D eigenvalue weighted by molar-refractivity contribution is 0.0940. The van der Waals surface area contributed by atoms with Gasteiger partial charge in [0.05, 0.1) is 0 Å². The molecular formula is C29H31N5O. The molecule has 6 nitrogen and oxygen atoms in total. The predicted octanol–water partition coefficient (Wildman–Crippen LogP) is 6.88. The zero-order valence-electron chi connectivity index (χ0n) is 20.7. The van der Waals surface area contributed by atoms with E-state index in [1.165, 1.54) is 5.56 Å². The summed E-state index contributed by atoms with van der Waals surface area (Å²) >= 11 is 0. The monoisotopic (exact) mass is 465 g/mol. The lowest BCUT2D eigenvalue weighted by Gasteiger charge is -2.16. The van der Waals surface area contributed by atoms with Crippen LogP contribution in [0.2, 0.25) is 0 Å². The summed E-state index contributed by atoms with van der Waals surface area (Å²) in [4.78, 5) is 26.4. The average Bonchev–Trinajstić information content (AvgIpc) is 2.80. The average molecular weight is 466 g/mol. The number of anilines is 4. The fraction of sp³-hybridized carbons (Fsp3) is 0.241. The van der Waals surface area contributed by atoms with Crippen molar-refractivity contribution in [2.24, 2.45) is 5.41 Å². The van der Waals surface area contributed by atoms with Crippen LogP contribution < -0.4 is 10.6 Å². The maximum Gasteiger partial charge on any atom is 0.232 e. The number of carbonyl (C=O) groups excluding carboxylic acids is 1. The molecule has 3 aromatic carbocycles. The van der Waals surface area contributed by atoms with Gasteiger partial charge in [-0.15, -0.1) is 0 Å². The van der Waals surface area contributed by atoms with Crippen LogP contribution in [-0.4, -0.2) is 20.7 Å². The van der Waals surface area contributed by atoms with Gasteiger partial charge in [-0.25, -0.2) is 0 Å². The number of hydrogen-bond acceptors (Lipinski definition) is 6. The first-order chi connectivity index (χ1) is 16.7. The zero-order valence-corrected chi connectivity index (χ0v) is 20.7. The first-order valence-electron chi connectivity index (χ1n) is 11.8. The normalized spacial score (nSPS) is 11.2. The van der Waals surface area contributed by atoms with Gasteiger partial charge in [-0.2, -0.15) is 15.0 Å². The van der Waals surface area contributed by atoms with Crippen molar-refractivity contribution in [1.82, 2.24) is 15.0 Å². The van der Waals surface area contributed by atoms with E-state index in [-0.39, 0.29) is 11.2 Å². The molecule has 0 spiro atoms. The maximum atomic E-state index is 12.5. The highest BCUT2D eigenvalue weighted by Gasteiger charge is 2.17. The second-order valence-corrected chi connectivity index (χ2v) is 9.92. The second kappa shape index (κ2) is 10.5. The van der Waals surface area contributed by atoms with E-state index >= 15 is 0 Å². The molecule has 0 aliphatic carbocycles. The van der Waals surface area contributed by atoms with Gasteiger partial charge in [0.2, 0.25) is 11.9 Å². The number of rotatable bonds is 8. The van der Waals surface area contributed by atoms with Gasteiger partial charge in [-0.1, -0.05) is 68.8 Å². The molecule has 0 saturated heterocycles. The van der Waals surface area contributed by atoms with Crippen LogP contribution in [0.15, 0.2) is 78.9 Å². The molecule has 0 radical (unpaired) electrons. The lowest BCUT2D eigenvalue weighted by atomic mass is 9.88. The Morgan fingerprint density at radius 2 is 1.31 bits per heavy atom.